The summed E-state index contributed by atoms with van der Waals surface area (Å²) in [7, 11) is 2.01. The monoisotopic (exact) mass is 235 g/mol. The van der Waals surface area contributed by atoms with E-state index in [9.17, 15) is 5.11 Å². The number of nitrogens with one attached hydrogen (secondary N) is 1. The van der Waals surface area contributed by atoms with Gasteiger partial charge in [0, 0.05) is 31.9 Å². The van der Waals surface area contributed by atoms with Gasteiger partial charge >= 0.3 is 0 Å². The summed E-state index contributed by atoms with van der Waals surface area (Å²) in [4.78, 5) is 6.37. The van der Waals surface area contributed by atoms with Gasteiger partial charge in [-0.1, -0.05) is 6.07 Å². The highest BCUT2D eigenvalue weighted by Crippen LogP contribution is 2.18. The third-order valence-electron chi connectivity index (χ3n) is 2.90. The normalized spacial score (nSPS) is 17.4. The molecule has 0 aliphatic heterocycles. The number of aromatic nitrogens is 1. The van der Waals surface area contributed by atoms with Gasteiger partial charge in [-0.2, -0.15) is 0 Å². The molecule has 0 bridgehead atoms. The van der Waals surface area contributed by atoms with Gasteiger partial charge in [-0.25, -0.2) is 0 Å². The molecular weight excluding hydrogens is 214 g/mol. The molecule has 1 saturated carbocycles. The molecule has 0 amide bonds. The predicted octanol–water partition coefficient (Wildman–Crippen LogP) is 0.626. The molecule has 1 aliphatic rings. The first-order valence-corrected chi connectivity index (χ1v) is 6.24. The molecule has 1 aliphatic carbocycles. The van der Waals surface area contributed by atoms with Crippen LogP contribution in [0.25, 0.3) is 0 Å². The van der Waals surface area contributed by atoms with Crippen LogP contribution in [0.4, 0.5) is 0 Å². The molecule has 17 heavy (non-hydrogen) atoms. The number of hydrogen-bond donors (Lipinski definition) is 2. The molecule has 1 atom stereocenters. The summed E-state index contributed by atoms with van der Waals surface area (Å²) >= 11 is 0. The molecule has 1 aromatic rings. The molecule has 1 heterocycles. The summed E-state index contributed by atoms with van der Waals surface area (Å²) in [5.41, 5.74) is 1.04. The summed E-state index contributed by atoms with van der Waals surface area (Å²) in [5.74, 6) is 0. The molecule has 0 radical (unpaired) electrons. The highest BCUT2D eigenvalue weighted by molar-refractivity contribution is 5.03. The van der Waals surface area contributed by atoms with Crippen LogP contribution < -0.4 is 5.32 Å². The third-order valence-corrected chi connectivity index (χ3v) is 2.90. The van der Waals surface area contributed by atoms with Crippen molar-refractivity contribution in [3.8, 4) is 0 Å². The molecule has 4 nitrogen and oxygen atoms in total. The summed E-state index contributed by atoms with van der Waals surface area (Å²) in [6, 6.07) is 6.57. The van der Waals surface area contributed by atoms with Gasteiger partial charge in [0.15, 0.2) is 0 Å². The molecule has 94 valence electrons. The average Bonchev–Trinajstić information content (AvgIpc) is 3.11. The minimum absolute atomic E-state index is 0.302. The van der Waals surface area contributed by atoms with E-state index in [2.05, 4.69) is 15.2 Å². The molecule has 4 heteroatoms. The maximum Gasteiger partial charge on any atom is 0.0791 e. The average molecular weight is 235 g/mol. The van der Waals surface area contributed by atoms with E-state index < -0.39 is 0 Å². The zero-order valence-electron chi connectivity index (χ0n) is 10.3. The number of pyridine rings is 1. The van der Waals surface area contributed by atoms with Gasteiger partial charge in [-0.15, -0.1) is 0 Å². The van der Waals surface area contributed by atoms with E-state index in [1.807, 2.05) is 25.2 Å². The van der Waals surface area contributed by atoms with Crippen LogP contribution in [-0.4, -0.2) is 47.3 Å². The Labute approximate surface area is 103 Å². The van der Waals surface area contributed by atoms with Crippen LogP contribution >= 0.6 is 0 Å². The molecule has 2 rings (SSSR count). The Bertz CT molecular complexity index is 327. The predicted molar refractivity (Wildman–Crippen MR) is 67.6 cm³/mol. The summed E-state index contributed by atoms with van der Waals surface area (Å²) in [6.45, 7) is 2.15. The van der Waals surface area contributed by atoms with Crippen LogP contribution in [0.5, 0.6) is 0 Å². The van der Waals surface area contributed by atoms with Gasteiger partial charge < -0.3 is 10.4 Å². The van der Waals surface area contributed by atoms with Gasteiger partial charge in [0.2, 0.25) is 0 Å². The Morgan fingerprint density at radius 2 is 2.35 bits per heavy atom. The van der Waals surface area contributed by atoms with Crippen molar-refractivity contribution < 1.29 is 5.11 Å². The second kappa shape index (κ2) is 6.10. The van der Waals surface area contributed by atoms with Gasteiger partial charge in [0.05, 0.1) is 11.8 Å². The molecule has 0 aromatic carbocycles. The van der Waals surface area contributed by atoms with Crippen molar-refractivity contribution >= 4 is 0 Å². The van der Waals surface area contributed by atoms with Crippen molar-refractivity contribution in [2.24, 2.45) is 0 Å². The Kier molecular flexibility index (Phi) is 4.48. The number of rotatable bonds is 7. The van der Waals surface area contributed by atoms with Crippen LogP contribution in [-0.2, 0) is 6.54 Å². The van der Waals surface area contributed by atoms with E-state index in [0.717, 1.165) is 12.2 Å². The maximum atomic E-state index is 9.85. The van der Waals surface area contributed by atoms with Crippen molar-refractivity contribution in [2.75, 3.05) is 20.1 Å². The van der Waals surface area contributed by atoms with Crippen LogP contribution in [0.3, 0.4) is 0 Å². The molecule has 1 fully saturated rings. The van der Waals surface area contributed by atoms with Crippen molar-refractivity contribution in [3.63, 3.8) is 0 Å². The molecule has 1 aromatic heterocycles. The summed E-state index contributed by atoms with van der Waals surface area (Å²) in [6.07, 6.45) is 4.02. The Balaban J connectivity index is 1.66. The lowest BCUT2D eigenvalue weighted by molar-refractivity contribution is 0.120. The number of nitrogens with zero attached hydrogens (tertiary/aromatic N) is 2. The quantitative estimate of drug-likeness (QED) is 0.727. The fourth-order valence-corrected chi connectivity index (χ4v) is 1.85. The number of aliphatic hydroxyl groups is 1. The zero-order valence-corrected chi connectivity index (χ0v) is 10.3. The molecule has 0 spiro atoms. The van der Waals surface area contributed by atoms with E-state index >= 15 is 0 Å². The van der Waals surface area contributed by atoms with Crippen LogP contribution in [0.15, 0.2) is 24.4 Å². The fraction of sp³-hybridized carbons (Fsp3) is 0.615. The van der Waals surface area contributed by atoms with Crippen LogP contribution in [0, 0.1) is 0 Å². The highest BCUT2D eigenvalue weighted by Gasteiger charge is 2.21. The number of aliphatic hydroxyl groups excluding tert-OH is 1. The largest absolute Gasteiger partial charge is 0.390 e. The van der Waals surface area contributed by atoms with Crippen molar-refractivity contribution in [1.82, 2.24) is 15.2 Å². The van der Waals surface area contributed by atoms with Crippen molar-refractivity contribution in [1.29, 1.82) is 0 Å². The molecule has 1 unspecified atom stereocenters. The van der Waals surface area contributed by atoms with E-state index in [1.54, 1.807) is 6.20 Å². The molecule has 2 N–H and O–H groups in total. The second-order valence-corrected chi connectivity index (χ2v) is 4.85. The SMILES string of the molecule is CN(Cc1ccccn1)CC(O)CNC1CC1. The van der Waals surface area contributed by atoms with E-state index in [0.29, 0.717) is 19.1 Å². The first-order valence-electron chi connectivity index (χ1n) is 6.24. The third kappa shape index (κ3) is 4.81. The minimum Gasteiger partial charge on any atom is -0.390 e. The van der Waals surface area contributed by atoms with Crippen LogP contribution in [0.2, 0.25) is 0 Å². The Hall–Kier alpha value is -0.970. The maximum absolute atomic E-state index is 9.85. The van der Waals surface area contributed by atoms with Crippen LogP contribution in [0.1, 0.15) is 18.5 Å². The first kappa shape index (κ1) is 12.5. The van der Waals surface area contributed by atoms with Gasteiger partial charge in [0.25, 0.3) is 0 Å². The standard InChI is InChI=1S/C13H21N3O/c1-16(9-12-4-2-3-7-14-12)10-13(17)8-15-11-5-6-11/h2-4,7,11,13,15,17H,5-6,8-10H2,1H3. The summed E-state index contributed by atoms with van der Waals surface area (Å²) in [5, 5.41) is 13.2. The summed E-state index contributed by atoms with van der Waals surface area (Å²) < 4.78 is 0. The highest BCUT2D eigenvalue weighted by atomic mass is 16.3. The second-order valence-electron chi connectivity index (χ2n) is 4.85. The van der Waals surface area contributed by atoms with Crippen molar-refractivity contribution in [3.05, 3.63) is 30.1 Å². The molecule has 0 saturated heterocycles. The minimum atomic E-state index is -0.302. The van der Waals surface area contributed by atoms with Gasteiger partial charge in [-0.05, 0) is 32.0 Å². The lowest BCUT2D eigenvalue weighted by atomic mass is 10.3. The first-order chi connectivity index (χ1) is 8.24. The lowest BCUT2D eigenvalue weighted by Crippen LogP contribution is -2.37. The topological polar surface area (TPSA) is 48.4 Å². The van der Waals surface area contributed by atoms with Gasteiger partial charge in [0.1, 0.15) is 0 Å². The number of hydrogen-bond acceptors (Lipinski definition) is 4. The van der Waals surface area contributed by atoms with E-state index in [1.165, 1.54) is 12.8 Å². The van der Waals surface area contributed by atoms with E-state index in [-0.39, 0.29) is 6.10 Å². The van der Waals surface area contributed by atoms with E-state index in [4.69, 9.17) is 0 Å². The number of likely N-dealkylation sites (N-methyl/N-ethyl adjacent to an activating group) is 1. The lowest BCUT2D eigenvalue weighted by Gasteiger charge is -2.20. The fourth-order valence-electron chi connectivity index (χ4n) is 1.85. The van der Waals surface area contributed by atoms with Gasteiger partial charge in [-0.3, -0.25) is 9.88 Å². The molecular formula is C13H21N3O. The Morgan fingerprint density at radius 1 is 1.53 bits per heavy atom. The zero-order chi connectivity index (χ0) is 12.1. The smallest absolute Gasteiger partial charge is 0.0791 e. The van der Waals surface area contributed by atoms with Crippen molar-refractivity contribution in [2.45, 2.75) is 31.5 Å². The Morgan fingerprint density at radius 3 is 3.00 bits per heavy atom.